The Bertz CT molecular complexity index is 438. The lowest BCUT2D eigenvalue weighted by atomic mass is 10.2. The number of esters is 1. The van der Waals surface area contributed by atoms with Gasteiger partial charge in [-0.2, -0.15) is 0 Å². The van der Waals surface area contributed by atoms with Gasteiger partial charge in [-0.1, -0.05) is 0 Å². The second kappa shape index (κ2) is 6.28. The van der Waals surface area contributed by atoms with Crippen molar-refractivity contribution in [3.05, 3.63) is 29.6 Å². The van der Waals surface area contributed by atoms with Crippen LogP contribution in [0.2, 0.25) is 0 Å². The molecule has 0 saturated carbocycles. The van der Waals surface area contributed by atoms with E-state index in [0.29, 0.717) is 12.1 Å². The van der Waals surface area contributed by atoms with Crippen molar-refractivity contribution >= 4 is 11.7 Å². The van der Waals surface area contributed by atoms with Crippen molar-refractivity contribution in [3.8, 4) is 0 Å². The number of ether oxygens (including phenoxy) is 1. The highest BCUT2D eigenvalue weighted by Crippen LogP contribution is 2.19. The standard InChI is InChI=1S/C12H14F3NO2/c1-3-18-12(17)4-7(2)16-11-6-9(14)8(13)5-10(11)15/h5-7,16H,3-4H2,1-2H3. The van der Waals surface area contributed by atoms with Crippen molar-refractivity contribution < 1.29 is 22.7 Å². The van der Waals surface area contributed by atoms with Gasteiger partial charge in [-0.15, -0.1) is 0 Å². The molecule has 1 aromatic carbocycles. The molecule has 0 fully saturated rings. The summed E-state index contributed by atoms with van der Waals surface area (Å²) in [6.45, 7) is 3.54. The van der Waals surface area contributed by atoms with E-state index in [1.807, 2.05) is 0 Å². The summed E-state index contributed by atoms with van der Waals surface area (Å²) in [5.74, 6) is -3.76. The zero-order valence-electron chi connectivity index (χ0n) is 10.1. The van der Waals surface area contributed by atoms with Crippen LogP contribution < -0.4 is 5.32 Å². The van der Waals surface area contributed by atoms with Gasteiger partial charge in [0.1, 0.15) is 5.82 Å². The third-order valence-electron chi connectivity index (χ3n) is 2.19. The Labute approximate surface area is 103 Å². The van der Waals surface area contributed by atoms with Crippen molar-refractivity contribution in [2.75, 3.05) is 11.9 Å². The summed E-state index contributed by atoms with van der Waals surface area (Å²) in [4.78, 5) is 11.2. The highest BCUT2D eigenvalue weighted by Gasteiger charge is 2.14. The molecule has 0 radical (unpaired) electrons. The number of carbonyl (C=O) groups excluding carboxylic acids is 1. The van der Waals surface area contributed by atoms with E-state index in [1.165, 1.54) is 0 Å². The van der Waals surface area contributed by atoms with Crippen LogP contribution in [-0.4, -0.2) is 18.6 Å². The molecular weight excluding hydrogens is 247 g/mol. The van der Waals surface area contributed by atoms with Crippen molar-refractivity contribution in [3.63, 3.8) is 0 Å². The molecule has 0 amide bonds. The Hall–Kier alpha value is -1.72. The third-order valence-corrected chi connectivity index (χ3v) is 2.19. The number of halogens is 3. The average Bonchev–Trinajstić information content (AvgIpc) is 2.26. The van der Waals surface area contributed by atoms with Gasteiger partial charge in [-0.3, -0.25) is 4.79 Å². The number of anilines is 1. The lowest BCUT2D eigenvalue weighted by Crippen LogP contribution is -2.21. The molecule has 3 nitrogen and oxygen atoms in total. The van der Waals surface area contributed by atoms with Gasteiger partial charge in [0.25, 0.3) is 0 Å². The molecule has 18 heavy (non-hydrogen) atoms. The minimum atomic E-state index is -1.25. The summed E-state index contributed by atoms with van der Waals surface area (Å²) < 4.78 is 43.6. The van der Waals surface area contributed by atoms with Crippen molar-refractivity contribution in [1.29, 1.82) is 0 Å². The number of carbonyl (C=O) groups is 1. The monoisotopic (exact) mass is 261 g/mol. The van der Waals surface area contributed by atoms with E-state index in [4.69, 9.17) is 4.74 Å². The summed E-state index contributed by atoms with van der Waals surface area (Å²) in [5.41, 5.74) is -0.189. The maximum Gasteiger partial charge on any atom is 0.307 e. The number of rotatable bonds is 5. The van der Waals surface area contributed by atoms with Crippen molar-refractivity contribution in [1.82, 2.24) is 0 Å². The Balaban J connectivity index is 2.67. The van der Waals surface area contributed by atoms with Crippen LogP contribution in [0.3, 0.4) is 0 Å². The van der Waals surface area contributed by atoms with Gasteiger partial charge in [0, 0.05) is 18.2 Å². The zero-order valence-corrected chi connectivity index (χ0v) is 10.1. The van der Waals surface area contributed by atoms with Crippen molar-refractivity contribution in [2.45, 2.75) is 26.3 Å². The predicted octanol–water partition coefficient (Wildman–Crippen LogP) is 2.86. The first-order chi connectivity index (χ1) is 8.43. The molecule has 0 aliphatic carbocycles. The minimum absolute atomic E-state index is 0.00623. The second-order valence-electron chi connectivity index (χ2n) is 3.80. The van der Waals surface area contributed by atoms with E-state index in [-0.39, 0.29) is 18.7 Å². The normalized spacial score (nSPS) is 12.1. The first kappa shape index (κ1) is 14.3. The zero-order chi connectivity index (χ0) is 13.7. The molecule has 1 rings (SSSR count). The van der Waals surface area contributed by atoms with Gasteiger partial charge in [-0.05, 0) is 13.8 Å². The summed E-state index contributed by atoms with van der Waals surface area (Å²) in [7, 11) is 0. The van der Waals surface area contributed by atoms with Crippen molar-refractivity contribution in [2.24, 2.45) is 0 Å². The summed E-state index contributed by atoms with van der Waals surface area (Å²) in [6, 6.07) is 0.713. The van der Waals surface area contributed by atoms with E-state index in [1.54, 1.807) is 13.8 Å². The van der Waals surface area contributed by atoms with Gasteiger partial charge in [0.15, 0.2) is 11.6 Å². The van der Waals surface area contributed by atoms with Crippen LogP contribution in [0.1, 0.15) is 20.3 Å². The second-order valence-corrected chi connectivity index (χ2v) is 3.80. The molecular formula is C12H14F3NO2. The molecule has 0 aliphatic rings. The van der Waals surface area contributed by atoms with E-state index >= 15 is 0 Å². The number of hydrogen-bond acceptors (Lipinski definition) is 3. The van der Waals surface area contributed by atoms with Crippen LogP contribution in [0.15, 0.2) is 12.1 Å². The Morgan fingerprint density at radius 2 is 1.89 bits per heavy atom. The van der Waals surface area contributed by atoms with Gasteiger partial charge >= 0.3 is 5.97 Å². The molecule has 1 aromatic rings. The third kappa shape index (κ3) is 3.94. The molecule has 0 heterocycles. The molecule has 0 saturated heterocycles. The largest absolute Gasteiger partial charge is 0.466 e. The van der Waals surface area contributed by atoms with E-state index < -0.39 is 29.5 Å². The van der Waals surface area contributed by atoms with Crippen LogP contribution in [0, 0.1) is 17.5 Å². The van der Waals surface area contributed by atoms with Crippen LogP contribution in [0.4, 0.5) is 18.9 Å². The van der Waals surface area contributed by atoms with Gasteiger partial charge < -0.3 is 10.1 Å². The van der Waals surface area contributed by atoms with Gasteiger partial charge in [0.05, 0.1) is 18.7 Å². The van der Waals surface area contributed by atoms with Crippen LogP contribution >= 0.6 is 0 Å². The Morgan fingerprint density at radius 3 is 2.50 bits per heavy atom. The fourth-order valence-corrected chi connectivity index (χ4v) is 1.42. The Morgan fingerprint density at radius 1 is 1.28 bits per heavy atom. The molecule has 1 N–H and O–H groups in total. The fraction of sp³-hybridized carbons (Fsp3) is 0.417. The lowest BCUT2D eigenvalue weighted by Gasteiger charge is -2.15. The highest BCUT2D eigenvalue weighted by molar-refractivity contribution is 5.70. The van der Waals surface area contributed by atoms with Crippen LogP contribution in [-0.2, 0) is 9.53 Å². The quantitative estimate of drug-likeness (QED) is 0.654. The van der Waals surface area contributed by atoms with Gasteiger partial charge in [-0.25, -0.2) is 13.2 Å². The fourth-order valence-electron chi connectivity index (χ4n) is 1.42. The maximum absolute atomic E-state index is 13.3. The molecule has 0 spiro atoms. The summed E-state index contributed by atoms with van der Waals surface area (Å²) >= 11 is 0. The SMILES string of the molecule is CCOC(=O)CC(C)Nc1cc(F)c(F)cc1F. The number of benzene rings is 1. The number of hydrogen-bond donors (Lipinski definition) is 1. The maximum atomic E-state index is 13.3. The number of nitrogens with one attached hydrogen (secondary N) is 1. The average molecular weight is 261 g/mol. The summed E-state index contributed by atoms with van der Waals surface area (Å²) in [5, 5.41) is 2.59. The molecule has 1 atom stereocenters. The van der Waals surface area contributed by atoms with Crippen LogP contribution in [0.5, 0.6) is 0 Å². The minimum Gasteiger partial charge on any atom is -0.466 e. The predicted molar refractivity (Wildman–Crippen MR) is 60.7 cm³/mol. The topological polar surface area (TPSA) is 38.3 Å². The first-order valence-corrected chi connectivity index (χ1v) is 5.50. The van der Waals surface area contributed by atoms with E-state index in [0.717, 1.165) is 0 Å². The molecule has 0 aliphatic heterocycles. The first-order valence-electron chi connectivity index (χ1n) is 5.50. The van der Waals surface area contributed by atoms with E-state index in [9.17, 15) is 18.0 Å². The molecule has 100 valence electrons. The molecule has 0 aromatic heterocycles. The molecule has 0 bridgehead atoms. The molecule has 6 heteroatoms. The lowest BCUT2D eigenvalue weighted by molar-refractivity contribution is -0.143. The summed E-state index contributed by atoms with van der Waals surface area (Å²) in [6.07, 6.45) is 0.00623. The van der Waals surface area contributed by atoms with Gasteiger partial charge in [0.2, 0.25) is 0 Å². The highest BCUT2D eigenvalue weighted by atomic mass is 19.2. The van der Waals surface area contributed by atoms with Crippen LogP contribution in [0.25, 0.3) is 0 Å². The smallest absolute Gasteiger partial charge is 0.307 e. The Kier molecular flexibility index (Phi) is 5.00. The molecule has 1 unspecified atom stereocenters. The van der Waals surface area contributed by atoms with E-state index in [2.05, 4.69) is 5.32 Å².